The number of amides is 1. The summed E-state index contributed by atoms with van der Waals surface area (Å²) in [6.07, 6.45) is 0. The quantitative estimate of drug-likeness (QED) is 0.269. The molecule has 3 aromatic rings. The van der Waals surface area contributed by atoms with E-state index in [-0.39, 0.29) is 34.9 Å². The van der Waals surface area contributed by atoms with Gasteiger partial charge in [0.2, 0.25) is 0 Å². The first kappa shape index (κ1) is 24.2. The third-order valence-electron chi connectivity index (χ3n) is 5.71. The van der Waals surface area contributed by atoms with Crippen molar-refractivity contribution in [1.29, 1.82) is 0 Å². The monoisotopic (exact) mass is 495 g/mol. The average Bonchev–Trinajstić information content (AvgIpc) is 3.47. The molecule has 1 aromatic heterocycles. The van der Waals surface area contributed by atoms with E-state index in [2.05, 4.69) is 0 Å². The number of aliphatic hydroxyl groups is 1. The number of methoxy groups -OCH3 is 2. The number of Topliss-reactive ketones (excluding diaryl/α,β-unsaturated/α-hetero) is 1. The predicted molar refractivity (Wildman–Crippen MR) is 131 cm³/mol. The van der Waals surface area contributed by atoms with Crippen LogP contribution in [0.4, 0.5) is 0 Å². The molecule has 9 heteroatoms. The zero-order valence-electron chi connectivity index (χ0n) is 19.5. The summed E-state index contributed by atoms with van der Waals surface area (Å²) in [7, 11) is 2.93. The number of phenols is 1. The van der Waals surface area contributed by atoms with Gasteiger partial charge in [-0.15, -0.1) is 11.3 Å². The number of ketones is 1. The van der Waals surface area contributed by atoms with E-state index in [1.165, 1.54) is 36.5 Å². The lowest BCUT2D eigenvalue weighted by atomic mass is 9.94. The Morgan fingerprint density at radius 3 is 2.51 bits per heavy atom. The van der Waals surface area contributed by atoms with E-state index in [0.717, 1.165) is 4.88 Å². The Kier molecular flexibility index (Phi) is 6.97. The SMILES string of the molecule is CCOc1cc(C2/C(=C(\O)c3cc(OC)ccc3OC)C(=O)C(=O)N2Cc2cccs2)ccc1O. The number of rotatable bonds is 8. The highest BCUT2D eigenvalue weighted by Crippen LogP contribution is 2.44. The number of aromatic hydroxyl groups is 1. The summed E-state index contributed by atoms with van der Waals surface area (Å²) in [6.45, 7) is 2.27. The van der Waals surface area contributed by atoms with Gasteiger partial charge in [0.1, 0.15) is 17.3 Å². The fourth-order valence-electron chi connectivity index (χ4n) is 4.08. The lowest BCUT2D eigenvalue weighted by molar-refractivity contribution is -0.140. The molecule has 1 fully saturated rings. The second kappa shape index (κ2) is 10.1. The van der Waals surface area contributed by atoms with E-state index in [1.807, 2.05) is 17.5 Å². The number of hydrogen-bond acceptors (Lipinski definition) is 8. The number of carbonyl (C=O) groups is 2. The van der Waals surface area contributed by atoms with Crippen LogP contribution < -0.4 is 14.2 Å². The van der Waals surface area contributed by atoms with Gasteiger partial charge in [-0.2, -0.15) is 0 Å². The summed E-state index contributed by atoms with van der Waals surface area (Å²) < 4.78 is 16.2. The summed E-state index contributed by atoms with van der Waals surface area (Å²) in [5.41, 5.74) is 0.631. The van der Waals surface area contributed by atoms with Crippen molar-refractivity contribution in [1.82, 2.24) is 4.90 Å². The molecule has 0 spiro atoms. The zero-order valence-corrected chi connectivity index (χ0v) is 20.3. The lowest BCUT2D eigenvalue weighted by Crippen LogP contribution is -2.28. The third-order valence-corrected chi connectivity index (χ3v) is 6.57. The first-order valence-electron chi connectivity index (χ1n) is 10.9. The lowest BCUT2D eigenvalue weighted by Gasteiger charge is -2.25. The summed E-state index contributed by atoms with van der Waals surface area (Å²) in [6, 6.07) is 12.2. The molecule has 2 aromatic carbocycles. The summed E-state index contributed by atoms with van der Waals surface area (Å²) in [4.78, 5) is 28.8. The van der Waals surface area contributed by atoms with Gasteiger partial charge in [0.25, 0.3) is 11.7 Å². The Balaban J connectivity index is 1.93. The minimum Gasteiger partial charge on any atom is -0.507 e. The summed E-state index contributed by atoms with van der Waals surface area (Å²) in [5.74, 6) is -1.04. The van der Waals surface area contributed by atoms with Gasteiger partial charge in [-0.1, -0.05) is 12.1 Å². The van der Waals surface area contributed by atoms with Crippen LogP contribution in [-0.2, 0) is 16.1 Å². The van der Waals surface area contributed by atoms with Crippen molar-refractivity contribution in [2.45, 2.75) is 19.5 Å². The van der Waals surface area contributed by atoms with Gasteiger partial charge < -0.3 is 29.3 Å². The maximum atomic E-state index is 13.3. The van der Waals surface area contributed by atoms with Crippen LogP contribution in [0, 0.1) is 0 Å². The highest BCUT2D eigenvalue weighted by atomic mass is 32.1. The van der Waals surface area contributed by atoms with E-state index in [4.69, 9.17) is 14.2 Å². The standard InChI is InChI=1S/C26H25NO7S/c1-4-34-21-12-15(7-9-19(21)28)23-22(24(29)18-13-16(32-2)8-10-20(18)33-3)25(30)26(31)27(23)14-17-6-5-11-35-17/h5-13,23,28-29H,4,14H2,1-3H3/b24-22+. The Bertz CT molecular complexity index is 1280. The number of thiophene rings is 1. The minimum atomic E-state index is -0.923. The molecular weight excluding hydrogens is 470 g/mol. The number of nitrogens with zero attached hydrogens (tertiary/aromatic N) is 1. The van der Waals surface area contributed by atoms with Crippen molar-refractivity contribution in [2.24, 2.45) is 0 Å². The molecule has 4 rings (SSSR count). The van der Waals surface area contributed by atoms with Crippen LogP contribution >= 0.6 is 11.3 Å². The smallest absolute Gasteiger partial charge is 0.295 e. The molecule has 0 aliphatic carbocycles. The molecule has 2 heterocycles. The number of aliphatic hydroxyl groups excluding tert-OH is 1. The Morgan fingerprint density at radius 1 is 1.06 bits per heavy atom. The van der Waals surface area contributed by atoms with Crippen LogP contribution in [0.25, 0.3) is 5.76 Å². The van der Waals surface area contributed by atoms with Crippen molar-refractivity contribution in [3.63, 3.8) is 0 Å². The number of carbonyl (C=O) groups excluding carboxylic acids is 2. The molecule has 8 nitrogen and oxygen atoms in total. The molecule has 0 saturated carbocycles. The Labute approximate surface area is 206 Å². The maximum absolute atomic E-state index is 13.3. The van der Waals surface area contributed by atoms with Gasteiger partial charge in [-0.05, 0) is 54.3 Å². The second-order valence-electron chi connectivity index (χ2n) is 7.73. The highest BCUT2D eigenvalue weighted by Gasteiger charge is 2.46. The largest absolute Gasteiger partial charge is 0.507 e. The van der Waals surface area contributed by atoms with Crippen LogP contribution in [0.5, 0.6) is 23.0 Å². The normalized spacial score (nSPS) is 17.0. The zero-order chi connectivity index (χ0) is 25.1. The van der Waals surface area contributed by atoms with E-state index < -0.39 is 17.7 Å². The summed E-state index contributed by atoms with van der Waals surface area (Å²) in [5, 5.41) is 23.5. The molecule has 1 aliphatic heterocycles. The average molecular weight is 496 g/mol. The molecule has 0 bridgehead atoms. The number of benzene rings is 2. The van der Waals surface area contributed by atoms with Crippen LogP contribution in [0.3, 0.4) is 0 Å². The van der Waals surface area contributed by atoms with Crippen LogP contribution in [-0.4, -0.2) is 47.6 Å². The van der Waals surface area contributed by atoms with Gasteiger partial charge >= 0.3 is 0 Å². The number of phenolic OH excluding ortho intramolecular Hbond substituents is 1. The van der Waals surface area contributed by atoms with Crippen LogP contribution in [0.15, 0.2) is 59.5 Å². The van der Waals surface area contributed by atoms with E-state index >= 15 is 0 Å². The van der Waals surface area contributed by atoms with E-state index in [9.17, 15) is 19.8 Å². The second-order valence-corrected chi connectivity index (χ2v) is 8.76. The van der Waals surface area contributed by atoms with Crippen molar-refractivity contribution >= 4 is 28.8 Å². The fourth-order valence-corrected chi connectivity index (χ4v) is 4.78. The molecule has 1 aliphatic rings. The van der Waals surface area contributed by atoms with E-state index in [0.29, 0.717) is 23.7 Å². The fraction of sp³-hybridized carbons (Fsp3) is 0.231. The molecule has 1 unspecified atom stereocenters. The number of ether oxygens (including phenoxy) is 3. The maximum Gasteiger partial charge on any atom is 0.295 e. The number of likely N-dealkylation sites (tertiary alicyclic amines) is 1. The third kappa shape index (κ3) is 4.54. The minimum absolute atomic E-state index is 0.0692. The van der Waals surface area contributed by atoms with E-state index in [1.54, 1.807) is 37.3 Å². The number of hydrogen-bond donors (Lipinski definition) is 2. The van der Waals surface area contributed by atoms with Crippen molar-refractivity contribution in [3.8, 4) is 23.0 Å². The van der Waals surface area contributed by atoms with Gasteiger partial charge in [-0.25, -0.2) is 0 Å². The Morgan fingerprint density at radius 2 is 1.86 bits per heavy atom. The first-order chi connectivity index (χ1) is 16.9. The molecule has 1 amide bonds. The van der Waals surface area contributed by atoms with Gasteiger partial charge in [0, 0.05) is 4.88 Å². The van der Waals surface area contributed by atoms with Crippen molar-refractivity contribution < 1.29 is 34.0 Å². The molecule has 1 atom stereocenters. The molecule has 182 valence electrons. The molecule has 2 N–H and O–H groups in total. The molecule has 0 radical (unpaired) electrons. The van der Waals surface area contributed by atoms with Crippen molar-refractivity contribution in [2.75, 3.05) is 20.8 Å². The predicted octanol–water partition coefficient (Wildman–Crippen LogP) is 4.49. The van der Waals surface area contributed by atoms with Gasteiger partial charge in [0.15, 0.2) is 11.5 Å². The highest BCUT2D eigenvalue weighted by molar-refractivity contribution is 7.09. The van der Waals surface area contributed by atoms with Gasteiger partial charge in [-0.3, -0.25) is 9.59 Å². The first-order valence-corrected chi connectivity index (χ1v) is 11.8. The Hall–Kier alpha value is -3.98. The molecule has 1 saturated heterocycles. The molecular formula is C26H25NO7S. The van der Waals surface area contributed by atoms with Crippen LogP contribution in [0.1, 0.15) is 29.0 Å². The topological polar surface area (TPSA) is 106 Å². The van der Waals surface area contributed by atoms with Gasteiger partial charge in [0.05, 0.1) is 44.5 Å². The summed E-state index contributed by atoms with van der Waals surface area (Å²) >= 11 is 1.46. The van der Waals surface area contributed by atoms with Crippen LogP contribution in [0.2, 0.25) is 0 Å². The van der Waals surface area contributed by atoms with Crippen molar-refractivity contribution in [3.05, 3.63) is 75.5 Å². The molecule has 35 heavy (non-hydrogen) atoms.